The van der Waals surface area contributed by atoms with Crippen LogP contribution in [0.5, 0.6) is 0 Å². The lowest BCUT2D eigenvalue weighted by atomic mass is 10.1. The number of nitrogens with one attached hydrogen (secondary N) is 1. The molecule has 2 rings (SSSR count). The van der Waals surface area contributed by atoms with Crippen molar-refractivity contribution in [3.63, 3.8) is 0 Å². The van der Waals surface area contributed by atoms with Crippen LogP contribution in [-0.2, 0) is 4.74 Å². The minimum absolute atomic E-state index is 0.205. The molecule has 0 aliphatic carbocycles. The molecule has 5 nitrogen and oxygen atoms in total. The SMILES string of the molecule is Cc1cnc(Cl)nc1-c1ccc(NC(=O)OC(C)(C)C)cc1. The summed E-state index contributed by atoms with van der Waals surface area (Å²) >= 11 is 5.83. The average Bonchev–Trinajstić information content (AvgIpc) is 2.40. The fraction of sp³-hybridized carbons (Fsp3) is 0.312. The van der Waals surface area contributed by atoms with Crippen molar-refractivity contribution >= 4 is 23.4 Å². The molecule has 1 N–H and O–H groups in total. The van der Waals surface area contributed by atoms with Crippen LogP contribution in [0.3, 0.4) is 0 Å². The van der Waals surface area contributed by atoms with Crippen LogP contribution in [0.2, 0.25) is 5.28 Å². The summed E-state index contributed by atoms with van der Waals surface area (Å²) in [6.07, 6.45) is 1.19. The van der Waals surface area contributed by atoms with E-state index in [1.54, 1.807) is 18.3 Å². The highest BCUT2D eigenvalue weighted by Gasteiger charge is 2.16. The summed E-state index contributed by atoms with van der Waals surface area (Å²) in [7, 11) is 0. The number of hydrogen-bond donors (Lipinski definition) is 1. The van der Waals surface area contributed by atoms with E-state index in [0.717, 1.165) is 16.8 Å². The van der Waals surface area contributed by atoms with Crippen molar-refractivity contribution in [3.05, 3.63) is 41.3 Å². The van der Waals surface area contributed by atoms with Gasteiger partial charge in [0.15, 0.2) is 0 Å². The molecule has 0 radical (unpaired) electrons. The van der Waals surface area contributed by atoms with Gasteiger partial charge in [0.2, 0.25) is 5.28 Å². The van der Waals surface area contributed by atoms with Gasteiger partial charge >= 0.3 is 6.09 Å². The quantitative estimate of drug-likeness (QED) is 0.830. The largest absolute Gasteiger partial charge is 0.444 e. The summed E-state index contributed by atoms with van der Waals surface area (Å²) in [6, 6.07) is 7.29. The molecule has 2 aromatic rings. The molecule has 1 heterocycles. The van der Waals surface area contributed by atoms with Crippen molar-refractivity contribution < 1.29 is 9.53 Å². The zero-order valence-electron chi connectivity index (χ0n) is 13.0. The third-order valence-electron chi connectivity index (χ3n) is 2.75. The maximum Gasteiger partial charge on any atom is 0.412 e. The summed E-state index contributed by atoms with van der Waals surface area (Å²) in [6.45, 7) is 7.37. The summed E-state index contributed by atoms with van der Waals surface area (Å²) in [5.74, 6) is 0. The first kappa shape index (κ1) is 16.2. The van der Waals surface area contributed by atoms with Crippen LogP contribution < -0.4 is 5.32 Å². The van der Waals surface area contributed by atoms with Crippen molar-refractivity contribution in [2.75, 3.05) is 5.32 Å². The lowest BCUT2D eigenvalue weighted by molar-refractivity contribution is 0.0636. The Kier molecular flexibility index (Phi) is 4.66. The average molecular weight is 320 g/mol. The molecular weight excluding hydrogens is 302 g/mol. The van der Waals surface area contributed by atoms with E-state index in [-0.39, 0.29) is 5.28 Å². The number of aromatic nitrogens is 2. The summed E-state index contributed by atoms with van der Waals surface area (Å²) in [5, 5.41) is 2.89. The molecule has 0 bridgehead atoms. The predicted molar refractivity (Wildman–Crippen MR) is 87.1 cm³/mol. The number of ether oxygens (including phenoxy) is 1. The van der Waals surface area contributed by atoms with Crippen LogP contribution >= 0.6 is 11.6 Å². The van der Waals surface area contributed by atoms with Crippen LogP contribution in [0, 0.1) is 6.92 Å². The van der Waals surface area contributed by atoms with Gasteiger partial charge in [-0.15, -0.1) is 0 Å². The maximum absolute atomic E-state index is 11.7. The van der Waals surface area contributed by atoms with Gasteiger partial charge in [-0.3, -0.25) is 5.32 Å². The normalized spacial score (nSPS) is 11.1. The molecule has 6 heteroatoms. The van der Waals surface area contributed by atoms with Crippen molar-refractivity contribution in [2.45, 2.75) is 33.3 Å². The molecule has 0 saturated carbocycles. The number of rotatable bonds is 2. The smallest absolute Gasteiger partial charge is 0.412 e. The zero-order chi connectivity index (χ0) is 16.3. The van der Waals surface area contributed by atoms with Crippen LogP contribution in [-0.4, -0.2) is 21.7 Å². The van der Waals surface area contributed by atoms with Crippen LogP contribution in [0.25, 0.3) is 11.3 Å². The molecule has 116 valence electrons. The summed E-state index contributed by atoms with van der Waals surface area (Å²) in [5.41, 5.74) is 2.71. The molecule has 0 saturated heterocycles. The third kappa shape index (κ3) is 4.43. The van der Waals surface area contributed by atoms with E-state index < -0.39 is 11.7 Å². The highest BCUT2D eigenvalue weighted by atomic mass is 35.5. The minimum atomic E-state index is -0.529. The fourth-order valence-electron chi connectivity index (χ4n) is 1.85. The second-order valence-electron chi connectivity index (χ2n) is 5.87. The fourth-order valence-corrected chi connectivity index (χ4v) is 1.98. The second kappa shape index (κ2) is 6.32. The molecule has 1 amide bonds. The van der Waals surface area contributed by atoms with Gasteiger partial charge in [-0.1, -0.05) is 12.1 Å². The Labute approximate surface area is 134 Å². The number of aryl methyl sites for hydroxylation is 1. The maximum atomic E-state index is 11.7. The van der Waals surface area contributed by atoms with Gasteiger partial charge in [-0.05, 0) is 57.0 Å². The Morgan fingerprint density at radius 2 is 1.86 bits per heavy atom. The lowest BCUT2D eigenvalue weighted by Gasteiger charge is -2.19. The Morgan fingerprint density at radius 3 is 2.45 bits per heavy atom. The molecule has 0 spiro atoms. The number of benzene rings is 1. The molecule has 22 heavy (non-hydrogen) atoms. The van der Waals surface area contributed by atoms with Crippen molar-refractivity contribution in [3.8, 4) is 11.3 Å². The molecule has 1 aromatic heterocycles. The molecule has 1 aromatic carbocycles. The van der Waals surface area contributed by atoms with E-state index in [9.17, 15) is 4.79 Å². The first-order chi connectivity index (χ1) is 10.2. The van der Waals surface area contributed by atoms with E-state index in [4.69, 9.17) is 16.3 Å². The monoisotopic (exact) mass is 319 g/mol. The Balaban J connectivity index is 2.14. The molecule has 0 fully saturated rings. The van der Waals surface area contributed by atoms with Crippen molar-refractivity contribution in [2.24, 2.45) is 0 Å². The predicted octanol–water partition coefficient (Wildman–Crippen LogP) is 4.45. The van der Waals surface area contributed by atoms with Crippen LogP contribution in [0.4, 0.5) is 10.5 Å². The topological polar surface area (TPSA) is 64.1 Å². The standard InChI is InChI=1S/C16H18ClN3O2/c1-10-9-18-14(17)20-13(10)11-5-7-12(8-6-11)19-15(21)22-16(2,3)4/h5-9H,1-4H3,(H,19,21). The van der Waals surface area contributed by atoms with Gasteiger partial charge in [0.05, 0.1) is 5.69 Å². The molecule has 0 unspecified atom stereocenters. The summed E-state index contributed by atoms with van der Waals surface area (Å²) < 4.78 is 5.20. The number of halogens is 1. The number of carbonyl (C=O) groups excluding carboxylic acids is 1. The van der Waals surface area contributed by atoms with Gasteiger partial charge in [-0.2, -0.15) is 0 Å². The van der Waals surface area contributed by atoms with Gasteiger partial charge in [-0.25, -0.2) is 14.8 Å². The van der Waals surface area contributed by atoms with E-state index in [1.165, 1.54) is 0 Å². The Morgan fingerprint density at radius 1 is 1.23 bits per heavy atom. The van der Waals surface area contributed by atoms with Crippen LogP contribution in [0.1, 0.15) is 26.3 Å². The van der Waals surface area contributed by atoms with E-state index in [2.05, 4.69) is 15.3 Å². The molecule has 0 aliphatic heterocycles. The first-order valence-corrected chi connectivity index (χ1v) is 7.22. The first-order valence-electron chi connectivity index (χ1n) is 6.84. The Bertz CT molecular complexity index is 679. The molecule has 0 aliphatic rings. The zero-order valence-corrected chi connectivity index (χ0v) is 13.7. The van der Waals surface area contributed by atoms with Crippen molar-refractivity contribution in [1.82, 2.24) is 9.97 Å². The lowest BCUT2D eigenvalue weighted by Crippen LogP contribution is -2.27. The molecule has 0 atom stereocenters. The number of anilines is 1. The summed E-state index contributed by atoms with van der Waals surface area (Å²) in [4.78, 5) is 19.9. The van der Waals surface area contributed by atoms with Gasteiger partial charge in [0, 0.05) is 17.4 Å². The van der Waals surface area contributed by atoms with E-state index >= 15 is 0 Å². The van der Waals surface area contributed by atoms with E-state index in [1.807, 2.05) is 39.8 Å². The number of hydrogen-bond acceptors (Lipinski definition) is 4. The third-order valence-corrected chi connectivity index (χ3v) is 2.93. The van der Waals surface area contributed by atoms with Gasteiger partial charge < -0.3 is 4.74 Å². The van der Waals surface area contributed by atoms with E-state index in [0.29, 0.717) is 5.69 Å². The van der Waals surface area contributed by atoms with Crippen LogP contribution in [0.15, 0.2) is 30.5 Å². The number of amides is 1. The Hall–Kier alpha value is -2.14. The number of carbonyl (C=O) groups is 1. The highest BCUT2D eigenvalue weighted by Crippen LogP contribution is 2.23. The minimum Gasteiger partial charge on any atom is -0.444 e. The number of nitrogens with zero attached hydrogens (tertiary/aromatic N) is 2. The van der Waals surface area contributed by atoms with Gasteiger partial charge in [0.25, 0.3) is 0 Å². The van der Waals surface area contributed by atoms with Crippen molar-refractivity contribution in [1.29, 1.82) is 0 Å². The highest BCUT2D eigenvalue weighted by molar-refractivity contribution is 6.28. The second-order valence-corrected chi connectivity index (χ2v) is 6.21. The van der Waals surface area contributed by atoms with Gasteiger partial charge in [0.1, 0.15) is 5.60 Å². The molecular formula is C16H18ClN3O2.